The van der Waals surface area contributed by atoms with Crippen LogP contribution < -0.4 is 5.32 Å². The third kappa shape index (κ3) is 6.00. The highest BCUT2D eigenvalue weighted by Crippen LogP contribution is 2.36. The molecule has 0 aromatic heterocycles. The molecule has 0 aliphatic carbocycles. The number of benzene rings is 2. The molecule has 0 spiro atoms. The molecule has 1 N–H and O–H groups in total. The maximum atomic E-state index is 12.8. The van der Waals surface area contributed by atoms with E-state index in [1.165, 1.54) is 0 Å². The highest BCUT2D eigenvalue weighted by molar-refractivity contribution is 9.10. The van der Waals surface area contributed by atoms with Gasteiger partial charge in [-0.25, -0.2) is 8.42 Å². The van der Waals surface area contributed by atoms with Crippen LogP contribution in [-0.4, -0.2) is 20.1 Å². The first kappa shape index (κ1) is 20.7. The van der Waals surface area contributed by atoms with Crippen molar-refractivity contribution in [3.8, 4) is 0 Å². The van der Waals surface area contributed by atoms with E-state index in [0.29, 0.717) is 16.1 Å². The summed E-state index contributed by atoms with van der Waals surface area (Å²) in [6, 6.07) is 9.37. The number of carbonyl (C=O) groups is 1. The van der Waals surface area contributed by atoms with Gasteiger partial charge in [0.25, 0.3) is 0 Å². The maximum Gasteiger partial charge on any atom is 0.417 e. The van der Waals surface area contributed by atoms with Crippen LogP contribution in [0.15, 0.2) is 46.9 Å². The third-order valence-corrected chi connectivity index (χ3v) is 5.48. The van der Waals surface area contributed by atoms with Gasteiger partial charge in [-0.2, -0.15) is 13.2 Å². The molecule has 26 heavy (non-hydrogen) atoms. The number of hydrogen-bond acceptors (Lipinski definition) is 3. The van der Waals surface area contributed by atoms with Gasteiger partial charge in [0.2, 0.25) is 5.91 Å². The number of alkyl halides is 3. The highest BCUT2D eigenvalue weighted by Gasteiger charge is 2.33. The monoisotopic (exact) mass is 469 g/mol. The minimum atomic E-state index is -4.69. The fourth-order valence-corrected chi connectivity index (χ4v) is 4.08. The van der Waals surface area contributed by atoms with Crippen LogP contribution in [0.5, 0.6) is 0 Å². The third-order valence-electron chi connectivity index (χ3n) is 3.18. The van der Waals surface area contributed by atoms with Crippen molar-refractivity contribution in [2.45, 2.75) is 11.9 Å². The van der Waals surface area contributed by atoms with Crippen LogP contribution in [0.2, 0.25) is 5.02 Å². The van der Waals surface area contributed by atoms with E-state index in [0.717, 1.165) is 12.1 Å². The number of hydrogen-bond donors (Lipinski definition) is 1. The normalized spacial score (nSPS) is 12.0. The number of amides is 1. The van der Waals surface area contributed by atoms with Crippen LogP contribution in [0.1, 0.15) is 11.1 Å². The van der Waals surface area contributed by atoms with E-state index in [1.54, 1.807) is 24.3 Å². The summed E-state index contributed by atoms with van der Waals surface area (Å²) < 4.78 is 63.4. The van der Waals surface area contributed by atoms with Crippen molar-refractivity contribution in [3.05, 3.63) is 63.1 Å². The lowest BCUT2D eigenvalue weighted by Gasteiger charge is -2.12. The summed E-state index contributed by atoms with van der Waals surface area (Å²) >= 11 is 8.71. The summed E-state index contributed by atoms with van der Waals surface area (Å²) in [7, 11) is -3.80. The van der Waals surface area contributed by atoms with Gasteiger partial charge < -0.3 is 5.32 Å². The summed E-state index contributed by atoms with van der Waals surface area (Å²) in [5.74, 6) is -2.16. The second-order valence-electron chi connectivity index (χ2n) is 5.40. The zero-order valence-corrected chi connectivity index (χ0v) is 16.1. The van der Waals surface area contributed by atoms with E-state index < -0.39 is 38.3 Å². The van der Waals surface area contributed by atoms with Crippen molar-refractivity contribution in [1.29, 1.82) is 0 Å². The molecule has 2 aromatic rings. The molecule has 10 heteroatoms. The molecule has 0 aliphatic rings. The lowest BCUT2D eigenvalue weighted by atomic mass is 10.2. The van der Waals surface area contributed by atoms with E-state index in [-0.39, 0.29) is 11.4 Å². The Kier molecular flexibility index (Phi) is 6.36. The van der Waals surface area contributed by atoms with Crippen molar-refractivity contribution in [1.82, 2.24) is 0 Å². The van der Waals surface area contributed by atoms with E-state index >= 15 is 0 Å². The van der Waals surface area contributed by atoms with E-state index in [2.05, 4.69) is 21.2 Å². The van der Waals surface area contributed by atoms with Gasteiger partial charge in [-0.05, 0) is 35.9 Å². The first-order valence-electron chi connectivity index (χ1n) is 7.08. The Hall–Kier alpha value is -1.58. The number of rotatable bonds is 5. The van der Waals surface area contributed by atoms with Gasteiger partial charge in [-0.3, -0.25) is 4.79 Å². The Morgan fingerprint density at radius 1 is 1.15 bits per heavy atom. The molecule has 4 nitrogen and oxygen atoms in total. The highest BCUT2D eigenvalue weighted by atomic mass is 79.9. The molecule has 1 amide bonds. The fraction of sp³-hybridized carbons (Fsp3) is 0.188. The quantitative estimate of drug-likeness (QED) is 0.690. The summed E-state index contributed by atoms with van der Waals surface area (Å²) in [4.78, 5) is 11.9. The van der Waals surface area contributed by atoms with Crippen molar-refractivity contribution in [3.63, 3.8) is 0 Å². The second-order valence-corrected chi connectivity index (χ2v) is 8.79. The SMILES string of the molecule is O=C(CS(=O)(=O)Cc1cccc(Br)c1)Nc1ccc(Cl)c(C(F)(F)F)c1. The zero-order chi connectivity index (χ0) is 19.5. The first-order chi connectivity index (χ1) is 12.0. The summed E-state index contributed by atoms with van der Waals surface area (Å²) in [5.41, 5.74) is -0.823. The number of halogens is 5. The molecular weight excluding hydrogens is 459 g/mol. The minimum absolute atomic E-state index is 0.190. The van der Waals surface area contributed by atoms with Crippen LogP contribution in [0.25, 0.3) is 0 Å². The molecule has 0 saturated heterocycles. The standard InChI is InChI=1S/C16H12BrClF3NO3S/c17-11-3-1-2-10(6-11)8-26(24,25)9-15(23)22-12-4-5-14(18)13(7-12)16(19,20)21/h1-7H,8-9H2,(H,22,23). The Morgan fingerprint density at radius 3 is 2.46 bits per heavy atom. The number of nitrogens with one attached hydrogen (secondary N) is 1. The molecule has 0 heterocycles. The first-order valence-corrected chi connectivity index (χ1v) is 10.1. The Labute approximate surface area is 161 Å². The summed E-state index contributed by atoms with van der Waals surface area (Å²) in [6.45, 7) is 0. The average Bonchev–Trinajstić information content (AvgIpc) is 2.46. The Balaban J connectivity index is 2.08. The molecular formula is C16H12BrClF3NO3S. The van der Waals surface area contributed by atoms with E-state index in [4.69, 9.17) is 11.6 Å². The van der Waals surface area contributed by atoms with Crippen LogP contribution in [0, 0.1) is 0 Å². The van der Waals surface area contributed by atoms with Crippen LogP contribution in [0.4, 0.5) is 18.9 Å². The van der Waals surface area contributed by atoms with Crippen LogP contribution in [-0.2, 0) is 26.6 Å². The van der Waals surface area contributed by atoms with Gasteiger partial charge in [0.15, 0.2) is 9.84 Å². The van der Waals surface area contributed by atoms with Gasteiger partial charge in [-0.15, -0.1) is 0 Å². The number of carbonyl (C=O) groups excluding carboxylic acids is 1. The van der Waals surface area contributed by atoms with Crippen LogP contribution in [0.3, 0.4) is 0 Å². The molecule has 0 fully saturated rings. The molecule has 0 unspecified atom stereocenters. The molecule has 0 atom stereocenters. The molecule has 0 radical (unpaired) electrons. The fourth-order valence-electron chi connectivity index (χ4n) is 2.15. The minimum Gasteiger partial charge on any atom is -0.325 e. The van der Waals surface area contributed by atoms with Gasteiger partial charge in [-0.1, -0.05) is 39.7 Å². The summed E-state index contributed by atoms with van der Waals surface area (Å²) in [6.07, 6.45) is -4.69. The van der Waals surface area contributed by atoms with Gasteiger partial charge in [0.1, 0.15) is 5.75 Å². The Morgan fingerprint density at radius 2 is 1.85 bits per heavy atom. The second kappa shape index (κ2) is 7.98. The lowest BCUT2D eigenvalue weighted by Crippen LogP contribution is -2.24. The van der Waals surface area contributed by atoms with Crippen LogP contribution >= 0.6 is 27.5 Å². The lowest BCUT2D eigenvalue weighted by molar-refractivity contribution is -0.137. The molecule has 0 bridgehead atoms. The molecule has 2 aromatic carbocycles. The van der Waals surface area contributed by atoms with Crippen molar-refractivity contribution < 1.29 is 26.4 Å². The van der Waals surface area contributed by atoms with Gasteiger partial charge >= 0.3 is 6.18 Å². The topological polar surface area (TPSA) is 63.2 Å². The maximum absolute atomic E-state index is 12.8. The van der Waals surface area contributed by atoms with Crippen molar-refractivity contribution in [2.24, 2.45) is 0 Å². The number of anilines is 1. The molecule has 0 aliphatic heterocycles. The van der Waals surface area contributed by atoms with Gasteiger partial charge in [0, 0.05) is 10.2 Å². The van der Waals surface area contributed by atoms with Crippen molar-refractivity contribution in [2.75, 3.05) is 11.1 Å². The largest absolute Gasteiger partial charge is 0.417 e. The summed E-state index contributed by atoms with van der Waals surface area (Å²) in [5, 5.41) is 1.63. The Bertz CT molecular complexity index is 933. The molecule has 2 rings (SSSR count). The predicted octanol–water partition coefficient (Wildman–Crippen LogP) is 4.67. The van der Waals surface area contributed by atoms with Gasteiger partial charge in [0.05, 0.1) is 16.3 Å². The molecule has 140 valence electrons. The average molecular weight is 471 g/mol. The predicted molar refractivity (Wildman–Crippen MR) is 96.7 cm³/mol. The van der Waals surface area contributed by atoms with Crippen molar-refractivity contribution >= 4 is 49.0 Å². The van der Waals surface area contributed by atoms with E-state index in [1.807, 2.05) is 0 Å². The molecule has 0 saturated carbocycles. The number of sulfone groups is 1. The zero-order valence-electron chi connectivity index (χ0n) is 13.0. The smallest absolute Gasteiger partial charge is 0.325 e. The van der Waals surface area contributed by atoms with E-state index in [9.17, 15) is 26.4 Å².